The molecule has 1 aromatic rings. The van der Waals surface area contributed by atoms with Crippen LogP contribution in [0.15, 0.2) is 6.20 Å². The highest BCUT2D eigenvalue weighted by Gasteiger charge is 2.35. The van der Waals surface area contributed by atoms with E-state index in [1.165, 1.54) is 0 Å². The Morgan fingerprint density at radius 2 is 2.06 bits per heavy atom. The molecule has 1 aromatic heterocycles. The molecule has 1 saturated heterocycles. The van der Waals surface area contributed by atoms with Crippen LogP contribution in [0.1, 0.15) is 26.5 Å². The summed E-state index contributed by atoms with van der Waals surface area (Å²) in [5.41, 5.74) is 2.25. The maximum Gasteiger partial charge on any atom is 0.497 e. The van der Waals surface area contributed by atoms with Crippen LogP contribution in [0.25, 0.3) is 0 Å². The topological polar surface area (TPSA) is 36.3 Å². The first-order valence-corrected chi connectivity index (χ1v) is 5.77. The Kier molecular flexibility index (Phi) is 3.08. The first-order valence-electron chi connectivity index (χ1n) is 5.77. The molecule has 0 amide bonds. The maximum atomic E-state index is 5.76. The van der Waals surface area contributed by atoms with Gasteiger partial charge in [-0.1, -0.05) is 20.8 Å². The first-order chi connectivity index (χ1) is 7.52. The maximum absolute atomic E-state index is 5.76. The van der Waals surface area contributed by atoms with Crippen LogP contribution in [-0.4, -0.2) is 30.1 Å². The minimum Gasteiger partial charge on any atom is -0.407 e. The molecule has 0 atom stereocenters. The fourth-order valence-electron chi connectivity index (χ4n) is 1.90. The third kappa shape index (κ3) is 2.30. The SMILES string of the molecule is CCc1nn(C)cc1B1OCC(C)(C)CO1. The third-order valence-electron chi connectivity index (χ3n) is 2.78. The molecule has 0 unspecified atom stereocenters. The van der Waals surface area contributed by atoms with E-state index < -0.39 is 0 Å². The molecule has 0 aliphatic carbocycles. The zero-order valence-electron chi connectivity index (χ0n) is 10.5. The van der Waals surface area contributed by atoms with Crippen LogP contribution in [0.4, 0.5) is 0 Å². The summed E-state index contributed by atoms with van der Waals surface area (Å²) >= 11 is 0. The van der Waals surface area contributed by atoms with Gasteiger partial charge in [0, 0.05) is 37.3 Å². The van der Waals surface area contributed by atoms with Crippen molar-refractivity contribution in [2.75, 3.05) is 13.2 Å². The molecule has 2 rings (SSSR count). The molecular weight excluding hydrogens is 203 g/mol. The molecule has 1 aliphatic heterocycles. The average Bonchev–Trinajstić information content (AvgIpc) is 2.59. The van der Waals surface area contributed by atoms with Crippen molar-refractivity contribution in [1.29, 1.82) is 0 Å². The van der Waals surface area contributed by atoms with Gasteiger partial charge in [-0.05, 0) is 6.42 Å². The van der Waals surface area contributed by atoms with Gasteiger partial charge in [0.2, 0.25) is 0 Å². The highest BCUT2D eigenvalue weighted by molar-refractivity contribution is 6.61. The van der Waals surface area contributed by atoms with Crippen LogP contribution >= 0.6 is 0 Å². The molecule has 4 nitrogen and oxygen atoms in total. The molecule has 0 spiro atoms. The number of rotatable bonds is 2. The first kappa shape index (κ1) is 11.7. The quantitative estimate of drug-likeness (QED) is 0.693. The Balaban J connectivity index is 2.13. The van der Waals surface area contributed by atoms with Crippen molar-refractivity contribution in [2.24, 2.45) is 12.5 Å². The van der Waals surface area contributed by atoms with E-state index in [1.807, 2.05) is 17.9 Å². The lowest BCUT2D eigenvalue weighted by Gasteiger charge is -2.32. The Labute approximate surface area is 97.1 Å². The lowest BCUT2D eigenvalue weighted by molar-refractivity contribution is 0.0342. The summed E-state index contributed by atoms with van der Waals surface area (Å²) in [7, 11) is 1.69. The minimum atomic E-state index is -0.239. The molecular formula is C11H19BN2O2. The van der Waals surface area contributed by atoms with Crippen molar-refractivity contribution < 1.29 is 9.31 Å². The van der Waals surface area contributed by atoms with E-state index in [1.54, 1.807) is 0 Å². The second-order valence-corrected chi connectivity index (χ2v) is 5.18. The number of hydrogen-bond donors (Lipinski definition) is 0. The fraction of sp³-hybridized carbons (Fsp3) is 0.727. The standard InChI is InChI=1S/C11H19BN2O2/c1-5-10-9(6-14(4)13-10)12-15-7-11(2,3)8-16-12/h6H,5,7-8H2,1-4H3. The summed E-state index contributed by atoms with van der Waals surface area (Å²) in [6.45, 7) is 7.85. The molecule has 0 radical (unpaired) electrons. The Bertz CT molecular complexity index is 366. The average molecular weight is 222 g/mol. The summed E-state index contributed by atoms with van der Waals surface area (Å²) in [5, 5.41) is 4.40. The van der Waals surface area contributed by atoms with Crippen LogP contribution in [0.5, 0.6) is 0 Å². The monoisotopic (exact) mass is 222 g/mol. The van der Waals surface area contributed by atoms with E-state index in [4.69, 9.17) is 9.31 Å². The third-order valence-corrected chi connectivity index (χ3v) is 2.78. The molecule has 0 aromatic carbocycles. The van der Waals surface area contributed by atoms with Gasteiger partial charge in [0.15, 0.2) is 0 Å². The summed E-state index contributed by atoms with van der Waals surface area (Å²) < 4.78 is 13.3. The number of aromatic nitrogens is 2. The largest absolute Gasteiger partial charge is 0.497 e. The summed E-state index contributed by atoms with van der Waals surface area (Å²) in [6, 6.07) is 0. The van der Waals surface area contributed by atoms with Crippen molar-refractivity contribution in [2.45, 2.75) is 27.2 Å². The molecule has 0 N–H and O–H groups in total. The second kappa shape index (κ2) is 4.22. The Morgan fingerprint density at radius 1 is 1.44 bits per heavy atom. The van der Waals surface area contributed by atoms with Gasteiger partial charge >= 0.3 is 7.12 Å². The normalized spacial score (nSPS) is 20.1. The van der Waals surface area contributed by atoms with Gasteiger partial charge in [-0.2, -0.15) is 5.10 Å². The van der Waals surface area contributed by atoms with Gasteiger partial charge in [-0.25, -0.2) is 0 Å². The predicted molar refractivity (Wildman–Crippen MR) is 63.7 cm³/mol. The molecule has 0 saturated carbocycles. The van der Waals surface area contributed by atoms with Gasteiger partial charge in [0.25, 0.3) is 0 Å². The zero-order chi connectivity index (χ0) is 11.8. The van der Waals surface area contributed by atoms with Gasteiger partial charge in [0.05, 0.1) is 5.69 Å². The van der Waals surface area contributed by atoms with Crippen LogP contribution in [0, 0.1) is 5.41 Å². The Hall–Kier alpha value is -0.805. The van der Waals surface area contributed by atoms with E-state index in [-0.39, 0.29) is 12.5 Å². The summed E-state index contributed by atoms with van der Waals surface area (Å²) in [4.78, 5) is 0. The van der Waals surface area contributed by atoms with Crippen molar-refractivity contribution in [3.05, 3.63) is 11.9 Å². The van der Waals surface area contributed by atoms with Crippen molar-refractivity contribution >= 4 is 12.6 Å². The second-order valence-electron chi connectivity index (χ2n) is 5.18. The van der Waals surface area contributed by atoms with Gasteiger partial charge < -0.3 is 9.31 Å². The molecule has 1 aliphatic rings. The van der Waals surface area contributed by atoms with E-state index in [0.717, 1.165) is 30.8 Å². The Morgan fingerprint density at radius 3 is 2.62 bits per heavy atom. The number of aryl methyl sites for hydroxylation is 2. The summed E-state index contributed by atoms with van der Waals surface area (Å²) in [5.74, 6) is 0. The lowest BCUT2D eigenvalue weighted by atomic mass is 9.75. The summed E-state index contributed by atoms with van der Waals surface area (Å²) in [6.07, 6.45) is 2.89. The minimum absolute atomic E-state index is 0.116. The van der Waals surface area contributed by atoms with E-state index in [9.17, 15) is 0 Å². The molecule has 2 heterocycles. The molecule has 1 fully saturated rings. The van der Waals surface area contributed by atoms with E-state index in [0.29, 0.717) is 0 Å². The molecule has 0 bridgehead atoms. The van der Waals surface area contributed by atoms with E-state index >= 15 is 0 Å². The molecule has 16 heavy (non-hydrogen) atoms. The van der Waals surface area contributed by atoms with Crippen LogP contribution in [-0.2, 0) is 22.8 Å². The van der Waals surface area contributed by atoms with Crippen LogP contribution in [0.3, 0.4) is 0 Å². The number of hydrogen-bond acceptors (Lipinski definition) is 3. The highest BCUT2D eigenvalue weighted by atomic mass is 16.6. The predicted octanol–water partition coefficient (Wildman–Crippen LogP) is 0.751. The van der Waals surface area contributed by atoms with Crippen molar-refractivity contribution in [3.8, 4) is 0 Å². The molecule has 5 heteroatoms. The zero-order valence-corrected chi connectivity index (χ0v) is 10.5. The molecule has 88 valence electrons. The van der Waals surface area contributed by atoms with E-state index in [2.05, 4.69) is 25.9 Å². The van der Waals surface area contributed by atoms with Gasteiger partial charge in [-0.3, -0.25) is 4.68 Å². The van der Waals surface area contributed by atoms with Crippen LogP contribution < -0.4 is 5.46 Å². The van der Waals surface area contributed by atoms with Crippen molar-refractivity contribution in [3.63, 3.8) is 0 Å². The highest BCUT2D eigenvalue weighted by Crippen LogP contribution is 2.21. The smallest absolute Gasteiger partial charge is 0.407 e. The van der Waals surface area contributed by atoms with Gasteiger partial charge in [-0.15, -0.1) is 0 Å². The fourth-order valence-corrected chi connectivity index (χ4v) is 1.90. The van der Waals surface area contributed by atoms with Gasteiger partial charge in [0.1, 0.15) is 0 Å². The lowest BCUT2D eigenvalue weighted by Crippen LogP contribution is -2.48. The van der Waals surface area contributed by atoms with Crippen LogP contribution in [0.2, 0.25) is 0 Å². The number of nitrogens with zero attached hydrogens (tertiary/aromatic N) is 2. The van der Waals surface area contributed by atoms with Crippen molar-refractivity contribution in [1.82, 2.24) is 9.78 Å².